The maximum absolute atomic E-state index is 11.4. The molecular weight excluding hydrogens is 845 g/mol. The van der Waals surface area contributed by atoms with Crippen LogP contribution in [0.1, 0.15) is 11.1 Å². The minimum Gasteiger partial charge on any atom is -0.455 e. The van der Waals surface area contributed by atoms with Crippen LogP contribution in [0.25, 0.3) is 132 Å². The van der Waals surface area contributed by atoms with Gasteiger partial charge in [0.25, 0.3) is 0 Å². The first-order valence-electron chi connectivity index (χ1n) is 23.1. The van der Waals surface area contributed by atoms with Crippen LogP contribution in [-0.2, 0) is 0 Å². The zero-order valence-electron chi connectivity index (χ0n) is 36.7. The molecule has 7 heteroatoms. The van der Waals surface area contributed by atoms with Crippen molar-refractivity contribution in [1.29, 1.82) is 10.5 Å². The smallest absolute Gasteiger partial charge is 0.145 e. The minimum atomic E-state index is 0.434. The highest BCUT2D eigenvalue weighted by Crippen LogP contribution is 2.45. The monoisotopic (exact) mass is 878 g/mol. The summed E-state index contributed by atoms with van der Waals surface area (Å²) < 4.78 is 15.7. The lowest BCUT2D eigenvalue weighted by atomic mass is 10.1. The van der Waals surface area contributed by atoms with E-state index >= 15 is 0 Å². The van der Waals surface area contributed by atoms with Gasteiger partial charge in [-0.15, -0.1) is 0 Å². The van der Waals surface area contributed by atoms with Gasteiger partial charge in [-0.25, -0.2) is 0 Å². The molecular formula is C62H34N6O. The lowest BCUT2D eigenvalue weighted by Crippen LogP contribution is -2.05. The minimum absolute atomic E-state index is 0.434. The molecule has 0 bridgehead atoms. The fourth-order valence-electron chi connectivity index (χ4n) is 11.6. The topological polar surface area (TPSA) is 80.4 Å². The molecule has 0 unspecified atom stereocenters. The maximum atomic E-state index is 11.4. The summed E-state index contributed by atoms with van der Waals surface area (Å²) in [5, 5.41) is 33.5. The Labute approximate surface area is 392 Å². The SMILES string of the molecule is N#Cc1cc(-n2c3ccc(-n4c5ccccc5c5ccccc54)cc3c3ccc4c5ccccc5n(-c5ccccc5)c4c32)c(C#N)cc1-n1c2ccccc2c2c3oc4ccccc4c3ccc21. The number of rotatable bonds is 4. The number of hydrogen-bond acceptors (Lipinski definition) is 3. The molecule has 7 nitrogen and oxygen atoms in total. The van der Waals surface area contributed by atoms with Gasteiger partial charge in [-0.3, -0.25) is 0 Å². The predicted molar refractivity (Wildman–Crippen MR) is 281 cm³/mol. The molecule has 318 valence electrons. The molecule has 0 radical (unpaired) electrons. The Morgan fingerprint density at radius 1 is 0.319 bits per heavy atom. The van der Waals surface area contributed by atoms with E-state index in [1.54, 1.807) is 0 Å². The summed E-state index contributed by atoms with van der Waals surface area (Å²) in [7, 11) is 0. The van der Waals surface area contributed by atoms with Crippen molar-refractivity contribution >= 4 is 109 Å². The van der Waals surface area contributed by atoms with E-state index in [1.165, 1.54) is 10.8 Å². The van der Waals surface area contributed by atoms with Crippen molar-refractivity contribution in [2.45, 2.75) is 0 Å². The molecule has 10 aromatic carbocycles. The molecule has 69 heavy (non-hydrogen) atoms. The number of aromatic nitrogens is 4. The third-order valence-corrected chi connectivity index (χ3v) is 14.4. The quantitative estimate of drug-likeness (QED) is 0.177. The van der Waals surface area contributed by atoms with E-state index in [9.17, 15) is 10.5 Å². The molecule has 15 rings (SSSR count). The summed E-state index contributed by atoms with van der Waals surface area (Å²) in [6.45, 7) is 0. The number of furan rings is 1. The van der Waals surface area contributed by atoms with Crippen molar-refractivity contribution in [2.75, 3.05) is 0 Å². The van der Waals surface area contributed by atoms with Crippen LogP contribution < -0.4 is 0 Å². The number of nitriles is 2. The number of benzene rings is 10. The molecule has 0 fully saturated rings. The Morgan fingerprint density at radius 3 is 1.46 bits per heavy atom. The third kappa shape index (κ3) is 4.97. The highest BCUT2D eigenvalue weighted by Gasteiger charge is 2.26. The van der Waals surface area contributed by atoms with E-state index in [0.717, 1.165) is 110 Å². The van der Waals surface area contributed by atoms with E-state index in [2.05, 4.69) is 188 Å². The first-order chi connectivity index (χ1) is 34.2. The molecule has 5 aromatic heterocycles. The van der Waals surface area contributed by atoms with Gasteiger partial charge in [0.05, 0.1) is 72.0 Å². The predicted octanol–water partition coefficient (Wildman–Crippen LogP) is 15.7. The summed E-state index contributed by atoms with van der Waals surface area (Å²) >= 11 is 0. The Kier molecular flexibility index (Phi) is 7.51. The zero-order valence-corrected chi connectivity index (χ0v) is 36.7. The number of para-hydroxylation sites is 6. The van der Waals surface area contributed by atoms with Gasteiger partial charge in [0.1, 0.15) is 23.3 Å². The molecule has 0 saturated carbocycles. The van der Waals surface area contributed by atoms with Crippen LogP contribution in [-0.4, -0.2) is 18.3 Å². The fourth-order valence-corrected chi connectivity index (χ4v) is 11.6. The van der Waals surface area contributed by atoms with E-state index in [1.807, 2.05) is 48.5 Å². The molecule has 0 saturated heterocycles. The molecule has 0 aliphatic heterocycles. The van der Waals surface area contributed by atoms with E-state index in [4.69, 9.17) is 4.42 Å². The second-order valence-electron chi connectivity index (χ2n) is 17.8. The molecule has 15 aromatic rings. The summed E-state index contributed by atoms with van der Waals surface area (Å²) in [4.78, 5) is 0. The highest BCUT2D eigenvalue weighted by molar-refractivity contribution is 6.26. The standard InChI is InChI=1S/C62H34N6O/c63-35-37-33-57(38(36-64)32-56(37)67-53-24-12-7-20-48(53)59-55(67)31-29-47-44-19-8-13-25-58(44)69-62(47)59)68-54-30-26-40(65-50-21-9-4-16-41(50)42-17-5-10-22-51(42)65)34-49(54)46-28-27-45-43-18-6-11-23-52(43)66(60(45)61(46)68)39-14-2-1-3-15-39/h1-34H. The Bertz CT molecular complexity index is 4760. The third-order valence-electron chi connectivity index (χ3n) is 14.4. The van der Waals surface area contributed by atoms with Crippen LogP contribution in [0.3, 0.4) is 0 Å². The molecule has 0 N–H and O–H groups in total. The van der Waals surface area contributed by atoms with Crippen molar-refractivity contribution < 1.29 is 4.42 Å². The van der Waals surface area contributed by atoms with Crippen molar-refractivity contribution in [1.82, 2.24) is 18.3 Å². The van der Waals surface area contributed by atoms with Gasteiger partial charge in [-0.05, 0) is 84.9 Å². The van der Waals surface area contributed by atoms with Gasteiger partial charge < -0.3 is 22.7 Å². The molecule has 0 atom stereocenters. The van der Waals surface area contributed by atoms with Crippen LogP contribution >= 0.6 is 0 Å². The van der Waals surface area contributed by atoms with Crippen molar-refractivity contribution in [2.24, 2.45) is 0 Å². The van der Waals surface area contributed by atoms with Crippen molar-refractivity contribution in [3.05, 3.63) is 217 Å². The highest BCUT2D eigenvalue weighted by atomic mass is 16.3. The summed E-state index contributed by atoms with van der Waals surface area (Å²) in [5.41, 5.74) is 13.8. The summed E-state index contributed by atoms with van der Waals surface area (Å²) in [5.74, 6) is 0. The molecule has 0 aliphatic carbocycles. The normalized spacial score (nSPS) is 12.0. The Morgan fingerprint density at radius 2 is 0.797 bits per heavy atom. The van der Waals surface area contributed by atoms with E-state index in [-0.39, 0.29) is 0 Å². The van der Waals surface area contributed by atoms with Crippen LogP contribution in [0.15, 0.2) is 211 Å². The van der Waals surface area contributed by atoms with Gasteiger partial charge >= 0.3 is 0 Å². The Hall–Kier alpha value is -9.82. The zero-order chi connectivity index (χ0) is 45.5. The molecule has 0 aliphatic rings. The number of fused-ring (bicyclic) bond motifs is 17. The second-order valence-corrected chi connectivity index (χ2v) is 17.8. The average Bonchev–Trinajstić information content (AvgIpc) is 4.21. The fraction of sp³-hybridized carbons (Fsp3) is 0. The van der Waals surface area contributed by atoms with Gasteiger partial charge in [0, 0.05) is 59.9 Å². The van der Waals surface area contributed by atoms with Gasteiger partial charge in [-0.2, -0.15) is 10.5 Å². The number of nitrogens with zero attached hydrogens (tertiary/aromatic N) is 6. The van der Waals surface area contributed by atoms with Crippen LogP contribution in [0.5, 0.6) is 0 Å². The van der Waals surface area contributed by atoms with Crippen molar-refractivity contribution in [3.63, 3.8) is 0 Å². The van der Waals surface area contributed by atoms with Gasteiger partial charge in [0.15, 0.2) is 0 Å². The van der Waals surface area contributed by atoms with Crippen LogP contribution in [0.4, 0.5) is 0 Å². The van der Waals surface area contributed by atoms with Gasteiger partial charge in [0.2, 0.25) is 0 Å². The van der Waals surface area contributed by atoms with Gasteiger partial charge in [-0.1, -0.05) is 121 Å². The molecule has 0 amide bonds. The first-order valence-corrected chi connectivity index (χ1v) is 23.1. The van der Waals surface area contributed by atoms with Crippen LogP contribution in [0, 0.1) is 22.7 Å². The second kappa shape index (κ2) is 13.9. The summed E-state index contributed by atoms with van der Waals surface area (Å²) in [6.07, 6.45) is 0. The first kappa shape index (κ1) is 37.4. The van der Waals surface area contributed by atoms with Crippen LogP contribution in [0.2, 0.25) is 0 Å². The number of hydrogen-bond donors (Lipinski definition) is 0. The lowest BCUT2D eigenvalue weighted by Gasteiger charge is -2.17. The average molecular weight is 879 g/mol. The van der Waals surface area contributed by atoms with Crippen molar-refractivity contribution in [3.8, 4) is 34.9 Å². The van der Waals surface area contributed by atoms with E-state index in [0.29, 0.717) is 22.5 Å². The molecule has 5 heterocycles. The van der Waals surface area contributed by atoms with E-state index < -0.39 is 0 Å². The maximum Gasteiger partial charge on any atom is 0.145 e. The summed E-state index contributed by atoms with van der Waals surface area (Å²) in [6, 6.07) is 76.9. The lowest BCUT2D eigenvalue weighted by molar-refractivity contribution is 0.673. The molecule has 0 spiro atoms. The Balaban J connectivity index is 1.07. The largest absolute Gasteiger partial charge is 0.455 e.